The molecule has 1 fully saturated rings. The number of piperidine rings is 1. The summed E-state index contributed by atoms with van der Waals surface area (Å²) in [4.78, 5) is 24.3. The molecule has 0 radical (unpaired) electrons. The molecule has 2 amide bonds. The van der Waals surface area contributed by atoms with Crippen LogP contribution < -0.4 is 5.32 Å². The molecule has 2 N–H and O–H groups in total. The number of aliphatic carboxylic acids is 1. The van der Waals surface area contributed by atoms with E-state index in [2.05, 4.69) is 26.1 Å². The van der Waals surface area contributed by atoms with Gasteiger partial charge in [-0.1, -0.05) is 20.8 Å². The molecule has 0 aromatic rings. The van der Waals surface area contributed by atoms with Crippen LogP contribution in [-0.4, -0.2) is 53.8 Å². The number of carboxylic acids is 1. The number of carbonyl (C=O) groups is 2. The van der Waals surface area contributed by atoms with Crippen molar-refractivity contribution >= 4 is 12.0 Å². The van der Waals surface area contributed by atoms with Crippen LogP contribution in [0.3, 0.4) is 0 Å². The molecular weight excluding hydrogens is 260 g/mol. The van der Waals surface area contributed by atoms with Crippen molar-refractivity contribution in [2.45, 2.75) is 52.2 Å². The summed E-state index contributed by atoms with van der Waals surface area (Å²) in [5.41, 5.74) is 0. The molecule has 1 aliphatic heterocycles. The Bertz CT molecular complexity index is 325. The Hall–Kier alpha value is -1.30. The average molecular weight is 286 g/mol. The number of urea groups is 1. The van der Waals surface area contributed by atoms with E-state index in [-0.39, 0.29) is 24.8 Å². The van der Waals surface area contributed by atoms with E-state index in [1.165, 1.54) is 0 Å². The van der Waals surface area contributed by atoms with Crippen LogP contribution in [-0.2, 0) is 9.53 Å². The third kappa shape index (κ3) is 5.36. The minimum atomic E-state index is -0.951. The summed E-state index contributed by atoms with van der Waals surface area (Å²) in [5.74, 6) is -0.534. The number of hydrogen-bond donors (Lipinski definition) is 2. The van der Waals surface area contributed by atoms with Crippen LogP contribution in [0.5, 0.6) is 0 Å². The van der Waals surface area contributed by atoms with E-state index in [1.807, 2.05) is 0 Å². The van der Waals surface area contributed by atoms with Gasteiger partial charge in [0.15, 0.2) is 0 Å². The zero-order valence-corrected chi connectivity index (χ0v) is 12.6. The Kier molecular flexibility index (Phi) is 6.78. The van der Waals surface area contributed by atoms with Crippen LogP contribution in [0.2, 0.25) is 0 Å². The minimum absolute atomic E-state index is 0.0257. The summed E-state index contributed by atoms with van der Waals surface area (Å²) in [5, 5.41) is 11.6. The van der Waals surface area contributed by atoms with Crippen LogP contribution in [0.4, 0.5) is 4.79 Å². The van der Waals surface area contributed by atoms with Crippen molar-refractivity contribution in [3.63, 3.8) is 0 Å². The summed E-state index contributed by atoms with van der Waals surface area (Å²) in [6.07, 6.45) is 2.25. The Morgan fingerprint density at radius 1 is 1.35 bits per heavy atom. The molecule has 0 aliphatic carbocycles. The highest BCUT2D eigenvalue weighted by molar-refractivity contribution is 5.74. The topological polar surface area (TPSA) is 78.9 Å². The van der Waals surface area contributed by atoms with Crippen molar-refractivity contribution < 1.29 is 19.4 Å². The number of ether oxygens (including phenoxy) is 1. The summed E-state index contributed by atoms with van der Waals surface area (Å²) >= 11 is 0. The van der Waals surface area contributed by atoms with E-state index in [0.29, 0.717) is 31.8 Å². The maximum absolute atomic E-state index is 12.1. The summed E-state index contributed by atoms with van der Waals surface area (Å²) in [6, 6.07) is 0.172. The number of likely N-dealkylation sites (tertiary alicyclic amines) is 1. The fourth-order valence-electron chi connectivity index (χ4n) is 2.40. The summed E-state index contributed by atoms with van der Waals surface area (Å²) < 4.78 is 5.26. The maximum atomic E-state index is 12.1. The highest BCUT2D eigenvalue weighted by atomic mass is 16.5. The van der Waals surface area contributed by atoms with Crippen molar-refractivity contribution in [1.29, 1.82) is 0 Å². The molecule has 6 nitrogen and oxygen atoms in total. The second kappa shape index (κ2) is 8.09. The van der Waals surface area contributed by atoms with Gasteiger partial charge in [-0.05, 0) is 25.2 Å². The molecule has 1 atom stereocenters. The second-order valence-corrected chi connectivity index (χ2v) is 5.60. The lowest BCUT2D eigenvalue weighted by atomic mass is 10.0. The molecule has 0 aromatic heterocycles. The number of hydrogen-bond acceptors (Lipinski definition) is 3. The van der Waals surface area contributed by atoms with Gasteiger partial charge in [0.25, 0.3) is 0 Å². The predicted molar refractivity (Wildman–Crippen MR) is 75.6 cm³/mol. The van der Waals surface area contributed by atoms with Gasteiger partial charge in [-0.25, -0.2) is 9.59 Å². The molecule has 0 aromatic carbocycles. The number of carboxylic acid groups (broad SMARTS) is 1. The average Bonchev–Trinajstić information content (AvgIpc) is 2.42. The SMILES string of the molecule is CCC(NC(=O)N1CCC(OCC(=O)O)CC1)C(C)C. The highest BCUT2D eigenvalue weighted by Gasteiger charge is 2.25. The fraction of sp³-hybridized carbons (Fsp3) is 0.857. The molecular formula is C14H26N2O4. The number of rotatable bonds is 6. The molecule has 1 heterocycles. The quantitative estimate of drug-likeness (QED) is 0.779. The molecule has 6 heteroatoms. The Balaban J connectivity index is 2.33. The first-order valence-electron chi connectivity index (χ1n) is 7.32. The molecule has 1 unspecified atom stereocenters. The standard InChI is InChI=1S/C14H26N2O4/c1-4-12(10(2)3)15-14(19)16-7-5-11(6-8-16)20-9-13(17)18/h10-12H,4-9H2,1-3H3,(H,15,19)(H,17,18). The molecule has 0 spiro atoms. The van der Waals surface area contributed by atoms with Gasteiger partial charge in [0.2, 0.25) is 0 Å². The van der Waals surface area contributed by atoms with E-state index >= 15 is 0 Å². The minimum Gasteiger partial charge on any atom is -0.480 e. The molecule has 1 aliphatic rings. The van der Waals surface area contributed by atoms with Gasteiger partial charge < -0.3 is 20.1 Å². The highest BCUT2D eigenvalue weighted by Crippen LogP contribution is 2.14. The summed E-state index contributed by atoms with van der Waals surface area (Å²) in [7, 11) is 0. The van der Waals surface area contributed by atoms with Crippen molar-refractivity contribution in [1.82, 2.24) is 10.2 Å². The third-order valence-corrected chi connectivity index (χ3v) is 3.73. The lowest BCUT2D eigenvalue weighted by Crippen LogP contribution is -2.50. The summed E-state index contributed by atoms with van der Waals surface area (Å²) in [6.45, 7) is 7.23. The normalized spacial score (nSPS) is 18.1. The Labute approximate surface area is 120 Å². The smallest absolute Gasteiger partial charge is 0.329 e. The number of nitrogens with zero attached hydrogens (tertiary/aromatic N) is 1. The maximum Gasteiger partial charge on any atom is 0.329 e. The number of amides is 2. The van der Waals surface area contributed by atoms with E-state index < -0.39 is 5.97 Å². The molecule has 0 saturated carbocycles. The number of nitrogens with one attached hydrogen (secondary N) is 1. The predicted octanol–water partition coefficient (Wildman–Crippen LogP) is 1.70. The van der Waals surface area contributed by atoms with Gasteiger partial charge >= 0.3 is 12.0 Å². The van der Waals surface area contributed by atoms with Crippen molar-refractivity contribution in [2.75, 3.05) is 19.7 Å². The first-order valence-corrected chi connectivity index (χ1v) is 7.32. The van der Waals surface area contributed by atoms with Crippen molar-refractivity contribution in [2.24, 2.45) is 5.92 Å². The Morgan fingerprint density at radius 2 is 1.95 bits per heavy atom. The molecule has 1 rings (SSSR count). The molecule has 20 heavy (non-hydrogen) atoms. The second-order valence-electron chi connectivity index (χ2n) is 5.60. The van der Waals surface area contributed by atoms with Crippen LogP contribution in [0, 0.1) is 5.92 Å². The van der Waals surface area contributed by atoms with E-state index in [9.17, 15) is 9.59 Å². The van der Waals surface area contributed by atoms with Gasteiger partial charge in [-0.3, -0.25) is 0 Å². The first kappa shape index (κ1) is 16.8. The van der Waals surface area contributed by atoms with Crippen LogP contribution in [0.15, 0.2) is 0 Å². The molecule has 1 saturated heterocycles. The Morgan fingerprint density at radius 3 is 2.40 bits per heavy atom. The third-order valence-electron chi connectivity index (χ3n) is 3.73. The van der Waals surface area contributed by atoms with E-state index in [1.54, 1.807) is 4.90 Å². The lowest BCUT2D eigenvalue weighted by molar-refractivity contribution is -0.145. The van der Waals surface area contributed by atoms with Crippen LogP contribution in [0.25, 0.3) is 0 Å². The van der Waals surface area contributed by atoms with Gasteiger partial charge in [-0.2, -0.15) is 0 Å². The largest absolute Gasteiger partial charge is 0.480 e. The van der Waals surface area contributed by atoms with Gasteiger partial charge in [0.05, 0.1) is 6.10 Å². The van der Waals surface area contributed by atoms with Gasteiger partial charge in [0, 0.05) is 19.1 Å². The lowest BCUT2D eigenvalue weighted by Gasteiger charge is -2.33. The zero-order valence-electron chi connectivity index (χ0n) is 12.6. The number of carbonyl (C=O) groups excluding carboxylic acids is 1. The van der Waals surface area contributed by atoms with Gasteiger partial charge in [-0.15, -0.1) is 0 Å². The van der Waals surface area contributed by atoms with E-state index in [4.69, 9.17) is 9.84 Å². The van der Waals surface area contributed by atoms with Crippen LogP contribution >= 0.6 is 0 Å². The van der Waals surface area contributed by atoms with Crippen molar-refractivity contribution in [3.05, 3.63) is 0 Å². The van der Waals surface area contributed by atoms with E-state index in [0.717, 1.165) is 6.42 Å². The molecule has 116 valence electrons. The van der Waals surface area contributed by atoms with Crippen molar-refractivity contribution in [3.8, 4) is 0 Å². The monoisotopic (exact) mass is 286 g/mol. The van der Waals surface area contributed by atoms with Crippen LogP contribution in [0.1, 0.15) is 40.0 Å². The molecule has 0 bridgehead atoms. The first-order chi connectivity index (χ1) is 9.43. The van der Waals surface area contributed by atoms with Gasteiger partial charge in [0.1, 0.15) is 6.61 Å². The zero-order chi connectivity index (χ0) is 15.1. The fourth-order valence-corrected chi connectivity index (χ4v) is 2.40.